The Kier molecular flexibility index (Phi) is 2.91. The molecule has 0 saturated carbocycles. The number of anilines is 1. The molecule has 0 aromatic heterocycles. The highest BCUT2D eigenvalue weighted by Gasteiger charge is 2.29. The van der Waals surface area contributed by atoms with Gasteiger partial charge in [0.05, 0.1) is 5.92 Å². The minimum absolute atomic E-state index is 0.0307. The maximum Gasteiger partial charge on any atom is 0.231 e. The molecule has 2 unspecified atom stereocenters. The summed E-state index contributed by atoms with van der Waals surface area (Å²) in [5, 5.41) is 3.56. The van der Waals surface area contributed by atoms with Crippen LogP contribution in [0.15, 0.2) is 12.1 Å². The Morgan fingerprint density at radius 1 is 1.56 bits per heavy atom. The highest BCUT2D eigenvalue weighted by Crippen LogP contribution is 2.37. The molecule has 86 valence electrons. The van der Waals surface area contributed by atoms with Gasteiger partial charge in [0.15, 0.2) is 0 Å². The number of carbonyl (C=O) groups is 1. The Morgan fingerprint density at radius 3 is 2.88 bits per heavy atom. The molecule has 0 radical (unpaired) electrons. The number of fused-ring (bicyclic) bond motifs is 1. The van der Waals surface area contributed by atoms with E-state index in [0.717, 1.165) is 23.2 Å². The number of amides is 1. The van der Waals surface area contributed by atoms with Gasteiger partial charge in [0.1, 0.15) is 0 Å². The molecule has 1 aromatic carbocycles. The SMILES string of the molecule is CC(N)Cc1cc(Cl)cc2c1NC(=O)C2C. The second kappa shape index (κ2) is 4.07. The summed E-state index contributed by atoms with van der Waals surface area (Å²) in [6, 6.07) is 3.78. The van der Waals surface area contributed by atoms with Gasteiger partial charge in [-0.05, 0) is 43.5 Å². The fourth-order valence-electron chi connectivity index (χ4n) is 2.06. The molecule has 16 heavy (non-hydrogen) atoms. The maximum atomic E-state index is 11.6. The van der Waals surface area contributed by atoms with Crippen LogP contribution in [-0.2, 0) is 11.2 Å². The van der Waals surface area contributed by atoms with Crippen LogP contribution in [0.4, 0.5) is 5.69 Å². The van der Waals surface area contributed by atoms with Gasteiger partial charge < -0.3 is 11.1 Å². The lowest BCUT2D eigenvalue weighted by atomic mass is 9.97. The molecule has 0 aliphatic carbocycles. The summed E-state index contributed by atoms with van der Waals surface area (Å²) in [6.45, 7) is 3.82. The highest BCUT2D eigenvalue weighted by atomic mass is 35.5. The van der Waals surface area contributed by atoms with Crippen molar-refractivity contribution in [1.29, 1.82) is 0 Å². The van der Waals surface area contributed by atoms with Crippen LogP contribution in [0, 0.1) is 0 Å². The first-order valence-electron chi connectivity index (χ1n) is 5.37. The highest BCUT2D eigenvalue weighted by molar-refractivity contribution is 6.31. The van der Waals surface area contributed by atoms with E-state index in [1.807, 2.05) is 26.0 Å². The molecule has 0 saturated heterocycles. The molecule has 1 aliphatic rings. The topological polar surface area (TPSA) is 55.1 Å². The van der Waals surface area contributed by atoms with E-state index in [-0.39, 0.29) is 17.9 Å². The Balaban J connectivity index is 2.48. The van der Waals surface area contributed by atoms with E-state index < -0.39 is 0 Å². The molecule has 1 aromatic rings. The van der Waals surface area contributed by atoms with Gasteiger partial charge in [-0.15, -0.1) is 0 Å². The van der Waals surface area contributed by atoms with Gasteiger partial charge in [0.2, 0.25) is 5.91 Å². The largest absolute Gasteiger partial charge is 0.328 e. The molecular formula is C12H15ClN2O. The summed E-state index contributed by atoms with van der Waals surface area (Å²) in [5.74, 6) is -0.0938. The number of nitrogens with one attached hydrogen (secondary N) is 1. The monoisotopic (exact) mass is 238 g/mol. The van der Waals surface area contributed by atoms with E-state index in [1.54, 1.807) is 0 Å². The van der Waals surface area contributed by atoms with E-state index in [9.17, 15) is 4.79 Å². The predicted octanol–water partition coefficient (Wildman–Crippen LogP) is 2.29. The smallest absolute Gasteiger partial charge is 0.231 e. The number of hydrogen-bond donors (Lipinski definition) is 2. The van der Waals surface area contributed by atoms with Crippen LogP contribution < -0.4 is 11.1 Å². The lowest BCUT2D eigenvalue weighted by Gasteiger charge is -2.11. The average Bonchev–Trinajstić information content (AvgIpc) is 2.44. The van der Waals surface area contributed by atoms with Crippen molar-refractivity contribution in [2.45, 2.75) is 32.2 Å². The number of benzene rings is 1. The van der Waals surface area contributed by atoms with E-state index in [4.69, 9.17) is 17.3 Å². The molecule has 1 amide bonds. The third kappa shape index (κ3) is 1.93. The van der Waals surface area contributed by atoms with Crippen LogP contribution in [0.2, 0.25) is 5.02 Å². The van der Waals surface area contributed by atoms with E-state index in [2.05, 4.69) is 5.32 Å². The number of hydrogen-bond acceptors (Lipinski definition) is 2. The van der Waals surface area contributed by atoms with Gasteiger partial charge in [0, 0.05) is 16.8 Å². The third-order valence-corrected chi connectivity index (χ3v) is 3.08. The maximum absolute atomic E-state index is 11.6. The minimum Gasteiger partial charge on any atom is -0.328 e. The van der Waals surface area contributed by atoms with Gasteiger partial charge in [-0.25, -0.2) is 0 Å². The summed E-state index contributed by atoms with van der Waals surface area (Å²) in [4.78, 5) is 11.6. The first-order valence-corrected chi connectivity index (χ1v) is 5.75. The molecule has 4 heteroatoms. The van der Waals surface area contributed by atoms with Crippen molar-refractivity contribution in [1.82, 2.24) is 0 Å². The van der Waals surface area contributed by atoms with Crippen molar-refractivity contribution in [2.24, 2.45) is 5.73 Å². The zero-order chi connectivity index (χ0) is 11.9. The average molecular weight is 239 g/mol. The van der Waals surface area contributed by atoms with Gasteiger partial charge in [0.25, 0.3) is 0 Å². The molecule has 0 fully saturated rings. The standard InChI is InChI=1S/C12H15ClN2O/c1-6(14)3-8-4-9(13)5-10-7(2)12(16)15-11(8)10/h4-7H,3,14H2,1-2H3,(H,15,16). The molecule has 1 aliphatic heterocycles. The molecule has 3 N–H and O–H groups in total. The quantitative estimate of drug-likeness (QED) is 0.831. The number of rotatable bonds is 2. The lowest BCUT2D eigenvalue weighted by Crippen LogP contribution is -2.18. The summed E-state index contributed by atoms with van der Waals surface area (Å²) in [7, 11) is 0. The molecule has 1 heterocycles. The van der Waals surface area contributed by atoms with Crippen molar-refractivity contribution < 1.29 is 4.79 Å². The Hall–Kier alpha value is -1.06. The van der Waals surface area contributed by atoms with Crippen molar-refractivity contribution in [3.05, 3.63) is 28.3 Å². The van der Waals surface area contributed by atoms with E-state index >= 15 is 0 Å². The van der Waals surface area contributed by atoms with Crippen molar-refractivity contribution in [3.8, 4) is 0 Å². The van der Waals surface area contributed by atoms with E-state index in [0.29, 0.717) is 5.02 Å². The van der Waals surface area contributed by atoms with Crippen LogP contribution in [0.1, 0.15) is 30.9 Å². The predicted molar refractivity (Wildman–Crippen MR) is 65.9 cm³/mol. The van der Waals surface area contributed by atoms with Gasteiger partial charge in [-0.1, -0.05) is 11.6 Å². The van der Waals surface area contributed by atoms with Gasteiger partial charge in [-0.2, -0.15) is 0 Å². The van der Waals surface area contributed by atoms with Crippen LogP contribution >= 0.6 is 11.6 Å². The third-order valence-electron chi connectivity index (χ3n) is 2.87. The lowest BCUT2D eigenvalue weighted by molar-refractivity contribution is -0.116. The summed E-state index contributed by atoms with van der Waals surface area (Å²) < 4.78 is 0. The molecule has 0 spiro atoms. The summed E-state index contributed by atoms with van der Waals surface area (Å²) >= 11 is 6.05. The molecule has 3 nitrogen and oxygen atoms in total. The fourth-order valence-corrected chi connectivity index (χ4v) is 2.31. The van der Waals surface area contributed by atoms with Crippen molar-refractivity contribution in [2.75, 3.05) is 5.32 Å². The van der Waals surface area contributed by atoms with Crippen LogP contribution in [0.3, 0.4) is 0 Å². The van der Waals surface area contributed by atoms with Crippen LogP contribution in [0.5, 0.6) is 0 Å². The molecule has 2 atom stereocenters. The van der Waals surface area contributed by atoms with Gasteiger partial charge >= 0.3 is 0 Å². The van der Waals surface area contributed by atoms with Crippen LogP contribution in [-0.4, -0.2) is 11.9 Å². The Morgan fingerprint density at radius 2 is 2.25 bits per heavy atom. The fraction of sp³-hybridized carbons (Fsp3) is 0.417. The Labute approximate surface area is 100.0 Å². The molecular weight excluding hydrogens is 224 g/mol. The van der Waals surface area contributed by atoms with Crippen molar-refractivity contribution in [3.63, 3.8) is 0 Å². The van der Waals surface area contributed by atoms with E-state index in [1.165, 1.54) is 0 Å². The van der Waals surface area contributed by atoms with Crippen LogP contribution in [0.25, 0.3) is 0 Å². The Bertz CT molecular complexity index is 443. The summed E-state index contributed by atoms with van der Waals surface area (Å²) in [6.07, 6.45) is 0.718. The zero-order valence-electron chi connectivity index (χ0n) is 9.38. The van der Waals surface area contributed by atoms with Gasteiger partial charge in [-0.3, -0.25) is 4.79 Å². The zero-order valence-corrected chi connectivity index (χ0v) is 10.1. The normalized spacial score (nSPS) is 20.5. The molecule has 0 bridgehead atoms. The number of halogens is 1. The number of carbonyl (C=O) groups excluding carboxylic acids is 1. The first kappa shape index (κ1) is 11.4. The second-order valence-electron chi connectivity index (χ2n) is 4.42. The number of nitrogens with two attached hydrogens (primary N) is 1. The minimum atomic E-state index is -0.125. The summed E-state index contributed by atoms with van der Waals surface area (Å²) in [5.41, 5.74) is 8.69. The first-order chi connectivity index (χ1) is 7.49. The molecule has 2 rings (SSSR count). The van der Waals surface area contributed by atoms with Crippen molar-refractivity contribution >= 4 is 23.2 Å². The second-order valence-corrected chi connectivity index (χ2v) is 4.86.